The van der Waals surface area contributed by atoms with E-state index in [0.29, 0.717) is 22.9 Å². The minimum absolute atomic E-state index is 0.00694. The van der Waals surface area contributed by atoms with Crippen molar-refractivity contribution < 1.29 is 32.1 Å². The average Bonchev–Trinajstić information content (AvgIpc) is 2.61. The van der Waals surface area contributed by atoms with Crippen molar-refractivity contribution in [2.24, 2.45) is 27.1 Å². The van der Waals surface area contributed by atoms with Gasteiger partial charge < -0.3 is 14.6 Å². The molecular weight excluding hydrogens is 532 g/mol. The monoisotopic (exact) mass is 607 g/mol. The Bertz CT molecular complexity index is 527. The van der Waals surface area contributed by atoms with Gasteiger partial charge in [0, 0.05) is 46.9 Å². The molecule has 0 rings (SSSR count). The predicted octanol–water partition coefficient (Wildman–Crippen LogP) is 11.7. The summed E-state index contributed by atoms with van der Waals surface area (Å²) in [4.78, 5) is 0. The van der Waals surface area contributed by atoms with E-state index in [1.165, 1.54) is 12.8 Å². The molecule has 0 aliphatic heterocycles. The fourth-order valence-electron chi connectivity index (χ4n) is 2.88. The summed E-state index contributed by atoms with van der Waals surface area (Å²) < 4.78 is 57.4. The molecule has 0 heterocycles. The van der Waals surface area contributed by atoms with Gasteiger partial charge in [0.05, 0.1) is 0 Å². The van der Waals surface area contributed by atoms with Gasteiger partial charge in [-0.05, 0) is 59.7 Å². The van der Waals surface area contributed by atoms with Crippen LogP contribution in [-0.4, -0.2) is 51.5 Å². The molecule has 0 aromatic rings. The van der Waals surface area contributed by atoms with Gasteiger partial charge >= 0.3 is 0 Å². The van der Waals surface area contributed by atoms with Crippen LogP contribution in [-0.2, 0) is 9.47 Å². The first-order chi connectivity index (χ1) is 17.8. The van der Waals surface area contributed by atoms with Crippen molar-refractivity contribution in [3.63, 3.8) is 0 Å². The summed E-state index contributed by atoms with van der Waals surface area (Å²) >= 11 is 0. The highest BCUT2D eigenvalue weighted by Crippen LogP contribution is 2.30. The molecular formula is C34H74F4O3. The van der Waals surface area contributed by atoms with Crippen LogP contribution in [0.1, 0.15) is 149 Å². The quantitative estimate of drug-likeness (QED) is 0.221. The fraction of sp³-hybridized carbons (Fsp3) is 1.00. The number of hydrogen-bond acceptors (Lipinski definition) is 3. The van der Waals surface area contributed by atoms with E-state index in [0.717, 1.165) is 33.0 Å². The zero-order valence-electron chi connectivity index (χ0n) is 30.7. The van der Waals surface area contributed by atoms with Gasteiger partial charge in [-0.15, -0.1) is 0 Å². The molecule has 3 nitrogen and oxygen atoms in total. The number of methoxy groups -OCH3 is 2. The zero-order chi connectivity index (χ0) is 34.4. The topological polar surface area (TPSA) is 38.7 Å². The Labute approximate surface area is 254 Å². The van der Waals surface area contributed by atoms with E-state index in [1.54, 1.807) is 35.0 Å². The van der Waals surface area contributed by atoms with E-state index in [-0.39, 0.29) is 23.7 Å². The largest absolute Gasteiger partial charge is 0.396 e. The Kier molecular flexibility index (Phi) is 29.4. The van der Waals surface area contributed by atoms with Crippen LogP contribution >= 0.6 is 0 Å². The van der Waals surface area contributed by atoms with Gasteiger partial charge in [-0.1, -0.05) is 104 Å². The average molecular weight is 607 g/mol. The molecule has 0 saturated heterocycles. The molecule has 1 N–H and O–H groups in total. The third-order valence-electron chi connectivity index (χ3n) is 4.80. The molecule has 0 saturated carbocycles. The van der Waals surface area contributed by atoms with Crippen LogP contribution in [0.5, 0.6) is 0 Å². The standard InChI is InChI=1S/C8H18O.C7H14F2.C7H16O.C6H12F2.C6H14O/c1-8(2,3)6-5-7-9-4;1-6(2,3)5-7(4,8)9;1-7(2,3)5-6-8-4;1-6(2,3)4-5(7)8;1-6(2,3)4-5-7/h5-7H2,1-4H3;5H2,1-4H3;5-6H2,1-4H3;5H,4H2,1-3H3;7H,4-5H2,1-3H3. The zero-order valence-corrected chi connectivity index (χ0v) is 30.7. The molecule has 0 fully saturated rings. The maximum Gasteiger partial charge on any atom is 0.245 e. The Morgan fingerprint density at radius 2 is 0.902 bits per heavy atom. The number of ether oxygens (including phenoxy) is 2. The normalized spacial score (nSPS) is 12.6. The lowest BCUT2D eigenvalue weighted by Crippen LogP contribution is -2.20. The van der Waals surface area contributed by atoms with Gasteiger partial charge in [-0.2, -0.15) is 0 Å². The summed E-state index contributed by atoms with van der Waals surface area (Å²) in [6.07, 6.45) is 2.26. The number of rotatable bonds is 8. The molecule has 256 valence electrons. The molecule has 0 aliphatic carbocycles. The lowest BCUT2D eigenvalue weighted by Gasteiger charge is -2.22. The first-order valence-electron chi connectivity index (χ1n) is 15.1. The maximum atomic E-state index is 12.2. The molecule has 0 radical (unpaired) electrons. The Morgan fingerprint density at radius 3 is 1.00 bits per heavy atom. The van der Waals surface area contributed by atoms with Crippen LogP contribution in [0, 0.1) is 27.1 Å². The number of aliphatic hydroxyl groups excluding tert-OH is 1. The summed E-state index contributed by atoms with van der Waals surface area (Å²) in [6.45, 7) is 33.6. The lowest BCUT2D eigenvalue weighted by molar-refractivity contribution is -0.0169. The summed E-state index contributed by atoms with van der Waals surface area (Å²) in [7, 11) is 3.49. The van der Waals surface area contributed by atoms with Crippen LogP contribution in [0.4, 0.5) is 17.6 Å². The number of halogens is 4. The number of aliphatic hydroxyl groups is 1. The Morgan fingerprint density at radius 1 is 0.537 bits per heavy atom. The fourth-order valence-corrected chi connectivity index (χ4v) is 2.88. The maximum absolute atomic E-state index is 12.2. The second-order valence-electron chi connectivity index (χ2n) is 17.0. The highest BCUT2D eigenvalue weighted by atomic mass is 19.3. The van der Waals surface area contributed by atoms with E-state index in [9.17, 15) is 17.6 Å². The van der Waals surface area contributed by atoms with Crippen molar-refractivity contribution >= 4 is 0 Å². The summed E-state index contributed by atoms with van der Waals surface area (Å²) in [6, 6.07) is 0. The third-order valence-corrected chi connectivity index (χ3v) is 4.80. The van der Waals surface area contributed by atoms with Crippen molar-refractivity contribution in [2.45, 2.75) is 162 Å². The van der Waals surface area contributed by atoms with Crippen molar-refractivity contribution in [3.8, 4) is 0 Å². The third kappa shape index (κ3) is 85.4. The molecule has 0 bridgehead atoms. The molecule has 0 aromatic heterocycles. The van der Waals surface area contributed by atoms with Crippen molar-refractivity contribution in [1.29, 1.82) is 0 Å². The van der Waals surface area contributed by atoms with Gasteiger partial charge in [-0.25, -0.2) is 17.6 Å². The van der Waals surface area contributed by atoms with E-state index in [1.807, 2.05) is 20.8 Å². The van der Waals surface area contributed by atoms with Crippen molar-refractivity contribution in [3.05, 3.63) is 0 Å². The molecule has 7 heteroatoms. The second-order valence-corrected chi connectivity index (χ2v) is 17.0. The van der Waals surface area contributed by atoms with Crippen LogP contribution in [0.15, 0.2) is 0 Å². The number of alkyl halides is 4. The molecule has 0 unspecified atom stereocenters. The van der Waals surface area contributed by atoms with Crippen molar-refractivity contribution in [1.82, 2.24) is 0 Å². The smallest absolute Gasteiger partial charge is 0.245 e. The van der Waals surface area contributed by atoms with Gasteiger partial charge in [0.1, 0.15) is 0 Å². The molecule has 41 heavy (non-hydrogen) atoms. The van der Waals surface area contributed by atoms with Crippen molar-refractivity contribution in [2.75, 3.05) is 34.0 Å². The summed E-state index contributed by atoms with van der Waals surface area (Å²) in [5.74, 6) is -2.52. The van der Waals surface area contributed by atoms with Gasteiger partial charge in [0.15, 0.2) is 0 Å². The van der Waals surface area contributed by atoms with E-state index >= 15 is 0 Å². The minimum Gasteiger partial charge on any atom is -0.396 e. The summed E-state index contributed by atoms with van der Waals surface area (Å²) in [5, 5.41) is 8.40. The summed E-state index contributed by atoms with van der Waals surface area (Å²) in [5.41, 5.74) is 0.704. The second kappa shape index (κ2) is 24.0. The SMILES string of the molecule is CC(C)(C)CC(C)(F)F.CC(C)(C)CC(F)F.CC(C)(C)CCO.COCCC(C)(C)C.COCCCC(C)(C)C. The molecule has 0 aromatic carbocycles. The minimum atomic E-state index is -2.52. The molecule has 0 atom stereocenters. The van der Waals surface area contributed by atoms with Gasteiger partial charge in [0.25, 0.3) is 0 Å². The van der Waals surface area contributed by atoms with E-state index in [2.05, 4.69) is 62.3 Å². The highest BCUT2D eigenvalue weighted by molar-refractivity contribution is 4.70. The van der Waals surface area contributed by atoms with Crippen LogP contribution in [0.2, 0.25) is 0 Å². The van der Waals surface area contributed by atoms with E-state index in [4.69, 9.17) is 14.6 Å². The highest BCUT2D eigenvalue weighted by Gasteiger charge is 2.28. The van der Waals surface area contributed by atoms with Gasteiger partial charge in [-0.3, -0.25) is 0 Å². The van der Waals surface area contributed by atoms with Crippen LogP contribution < -0.4 is 0 Å². The van der Waals surface area contributed by atoms with E-state index < -0.39 is 12.3 Å². The first kappa shape index (κ1) is 50.2. The van der Waals surface area contributed by atoms with Crippen LogP contribution in [0.25, 0.3) is 0 Å². The lowest BCUT2D eigenvalue weighted by atomic mass is 9.89. The molecule has 0 aliphatic rings. The first-order valence-corrected chi connectivity index (χ1v) is 15.1. The Hall–Kier alpha value is -0.400. The van der Waals surface area contributed by atoms with Gasteiger partial charge in [0.2, 0.25) is 12.3 Å². The predicted molar refractivity (Wildman–Crippen MR) is 172 cm³/mol. The molecule has 0 amide bonds. The van der Waals surface area contributed by atoms with Crippen LogP contribution in [0.3, 0.4) is 0 Å². The Balaban J connectivity index is -0.000000132. The number of hydrogen-bond donors (Lipinski definition) is 1. The molecule has 0 spiro atoms.